The van der Waals surface area contributed by atoms with Gasteiger partial charge in [0.2, 0.25) is 0 Å². The van der Waals surface area contributed by atoms with Crippen molar-refractivity contribution in [3.05, 3.63) is 210 Å². The molecule has 0 spiro atoms. The summed E-state index contributed by atoms with van der Waals surface area (Å²) in [5.41, 5.74) is 19.2. The van der Waals surface area contributed by atoms with Crippen LogP contribution in [0, 0.1) is 0 Å². The molecule has 57 heavy (non-hydrogen) atoms. The Hall–Kier alpha value is -6.70. The summed E-state index contributed by atoms with van der Waals surface area (Å²) in [5, 5.41) is 5.04. The average Bonchev–Trinajstić information content (AvgIpc) is 3.63. The molecule has 272 valence electrons. The second-order valence-corrected chi connectivity index (χ2v) is 17.0. The van der Waals surface area contributed by atoms with E-state index in [4.69, 9.17) is 0 Å². The minimum Gasteiger partial charge on any atom is -0.310 e. The van der Waals surface area contributed by atoms with Crippen molar-refractivity contribution in [2.24, 2.45) is 0 Å². The molecule has 0 saturated heterocycles. The lowest BCUT2D eigenvalue weighted by molar-refractivity contribution is 0.660. The topological polar surface area (TPSA) is 3.24 Å². The van der Waals surface area contributed by atoms with Crippen LogP contribution >= 0.6 is 0 Å². The van der Waals surface area contributed by atoms with Gasteiger partial charge in [0.15, 0.2) is 0 Å². The van der Waals surface area contributed by atoms with Gasteiger partial charge in [-0.1, -0.05) is 173 Å². The van der Waals surface area contributed by atoms with Gasteiger partial charge in [-0.05, 0) is 131 Å². The Balaban J connectivity index is 1.04. The van der Waals surface area contributed by atoms with E-state index in [0.717, 1.165) is 17.1 Å². The lowest BCUT2D eigenvalue weighted by Crippen LogP contribution is -2.16. The first-order chi connectivity index (χ1) is 27.8. The summed E-state index contributed by atoms with van der Waals surface area (Å²) < 4.78 is 0. The highest BCUT2D eigenvalue weighted by Crippen LogP contribution is 2.53. The Kier molecular flexibility index (Phi) is 7.32. The summed E-state index contributed by atoms with van der Waals surface area (Å²) in [7, 11) is 0. The van der Waals surface area contributed by atoms with Crippen molar-refractivity contribution in [3.8, 4) is 44.5 Å². The third-order valence-electron chi connectivity index (χ3n) is 13.0. The maximum Gasteiger partial charge on any atom is 0.0468 e. The Morgan fingerprint density at radius 1 is 0.316 bits per heavy atom. The van der Waals surface area contributed by atoms with Gasteiger partial charge in [0, 0.05) is 27.9 Å². The number of hydrogen-bond acceptors (Lipinski definition) is 1. The van der Waals surface area contributed by atoms with E-state index in [9.17, 15) is 0 Å². The van der Waals surface area contributed by atoms with Crippen LogP contribution in [0.2, 0.25) is 0 Å². The smallest absolute Gasteiger partial charge is 0.0468 e. The van der Waals surface area contributed by atoms with Gasteiger partial charge in [-0.3, -0.25) is 0 Å². The molecule has 11 rings (SSSR count). The fourth-order valence-corrected chi connectivity index (χ4v) is 10.2. The summed E-state index contributed by atoms with van der Waals surface area (Å²) in [6.07, 6.45) is 0. The van der Waals surface area contributed by atoms with Crippen molar-refractivity contribution in [2.45, 2.75) is 38.5 Å². The van der Waals surface area contributed by atoms with Crippen LogP contribution in [0.4, 0.5) is 17.1 Å². The summed E-state index contributed by atoms with van der Waals surface area (Å²) >= 11 is 0. The van der Waals surface area contributed by atoms with E-state index >= 15 is 0 Å². The Labute approximate surface area is 335 Å². The predicted molar refractivity (Wildman–Crippen MR) is 242 cm³/mol. The first-order valence-corrected chi connectivity index (χ1v) is 20.2. The molecule has 0 N–H and O–H groups in total. The molecule has 0 atom stereocenters. The first-order valence-electron chi connectivity index (χ1n) is 20.2. The van der Waals surface area contributed by atoms with Crippen molar-refractivity contribution in [1.82, 2.24) is 0 Å². The molecule has 0 bridgehead atoms. The Morgan fingerprint density at radius 3 is 1.72 bits per heavy atom. The molecule has 2 aliphatic carbocycles. The lowest BCUT2D eigenvalue weighted by Gasteiger charge is -2.28. The monoisotopic (exact) mass is 729 g/mol. The van der Waals surface area contributed by atoms with Gasteiger partial charge >= 0.3 is 0 Å². The number of rotatable bonds is 5. The van der Waals surface area contributed by atoms with Crippen molar-refractivity contribution in [1.29, 1.82) is 0 Å². The largest absolute Gasteiger partial charge is 0.310 e. The van der Waals surface area contributed by atoms with Gasteiger partial charge in [-0.25, -0.2) is 0 Å². The highest BCUT2D eigenvalue weighted by atomic mass is 15.1. The maximum absolute atomic E-state index is 2.42. The van der Waals surface area contributed by atoms with Crippen LogP contribution in [0.3, 0.4) is 0 Å². The normalized spacial score (nSPS) is 14.2. The highest BCUT2D eigenvalue weighted by molar-refractivity contribution is 6.08. The van der Waals surface area contributed by atoms with E-state index in [1.165, 1.54) is 88.3 Å². The summed E-state index contributed by atoms with van der Waals surface area (Å²) in [4.78, 5) is 2.42. The third kappa shape index (κ3) is 5.08. The molecule has 9 aromatic carbocycles. The van der Waals surface area contributed by atoms with Gasteiger partial charge in [-0.2, -0.15) is 0 Å². The quantitative estimate of drug-likeness (QED) is 0.159. The molecule has 0 amide bonds. The van der Waals surface area contributed by atoms with E-state index in [0.29, 0.717) is 0 Å². The molecule has 0 fully saturated rings. The highest BCUT2D eigenvalue weighted by Gasteiger charge is 2.38. The molecule has 0 saturated carbocycles. The van der Waals surface area contributed by atoms with E-state index in [1.807, 2.05) is 0 Å². The predicted octanol–water partition coefficient (Wildman–Crippen LogP) is 15.4. The van der Waals surface area contributed by atoms with Crippen molar-refractivity contribution in [2.75, 3.05) is 4.90 Å². The minimum atomic E-state index is -0.106. The second-order valence-electron chi connectivity index (χ2n) is 17.0. The number of benzene rings is 9. The van der Waals surface area contributed by atoms with Crippen LogP contribution in [-0.2, 0) is 10.8 Å². The Morgan fingerprint density at radius 2 is 0.895 bits per heavy atom. The van der Waals surface area contributed by atoms with Crippen LogP contribution in [0.15, 0.2) is 188 Å². The molecule has 9 aromatic rings. The number of anilines is 3. The van der Waals surface area contributed by atoms with Crippen LogP contribution in [0.1, 0.15) is 49.9 Å². The third-order valence-corrected chi connectivity index (χ3v) is 13.0. The molecule has 1 heteroatoms. The maximum atomic E-state index is 2.42. The van der Waals surface area contributed by atoms with E-state index in [2.05, 4.69) is 221 Å². The van der Waals surface area contributed by atoms with E-state index < -0.39 is 0 Å². The fourth-order valence-electron chi connectivity index (χ4n) is 10.2. The standard InChI is InChI=1S/C56H43N/c1-55(2)51-21-9-7-17-47(51)49-31-27-38(35-53(49)55)36-25-28-41(29-26-36)57(43-30-32-45-40(34-43)24-23-37-13-5-6-16-44(37)45)42-15-11-14-39(33-42)46-19-12-20-50-48-18-8-10-22-52(48)56(3,4)54(46)50/h5-35H,1-4H3. The summed E-state index contributed by atoms with van der Waals surface area (Å²) in [5.74, 6) is 0. The second kappa shape index (κ2) is 12.4. The van der Waals surface area contributed by atoms with Crippen LogP contribution in [0.5, 0.6) is 0 Å². The number of nitrogens with zero attached hydrogens (tertiary/aromatic N) is 1. The zero-order valence-electron chi connectivity index (χ0n) is 32.8. The SMILES string of the molecule is CC1(C)c2ccccc2-c2ccc(-c3ccc(N(c4cccc(-c5cccc6c5C(C)(C)c5ccccc5-6)c4)c4ccc5c(ccc6ccccc65)c4)cc3)cc21. The van der Waals surface area contributed by atoms with Crippen molar-refractivity contribution in [3.63, 3.8) is 0 Å². The molecule has 1 nitrogen and oxygen atoms in total. The molecule has 0 radical (unpaired) electrons. The average molecular weight is 730 g/mol. The van der Waals surface area contributed by atoms with Gasteiger partial charge in [0.25, 0.3) is 0 Å². The molecule has 0 aliphatic heterocycles. The van der Waals surface area contributed by atoms with Gasteiger partial charge in [-0.15, -0.1) is 0 Å². The lowest BCUT2D eigenvalue weighted by atomic mass is 9.79. The zero-order valence-corrected chi connectivity index (χ0v) is 32.8. The van der Waals surface area contributed by atoms with Gasteiger partial charge in [0.05, 0.1) is 0 Å². The summed E-state index contributed by atoms with van der Waals surface area (Å²) in [6, 6.07) is 70.1. The molecule has 2 aliphatic rings. The number of fused-ring (bicyclic) bond motifs is 9. The first kappa shape index (κ1) is 33.6. The van der Waals surface area contributed by atoms with Gasteiger partial charge < -0.3 is 4.90 Å². The van der Waals surface area contributed by atoms with Crippen LogP contribution < -0.4 is 4.90 Å². The molecular weight excluding hydrogens is 687 g/mol. The minimum absolute atomic E-state index is 0.0397. The van der Waals surface area contributed by atoms with Crippen molar-refractivity contribution < 1.29 is 0 Å². The Bertz CT molecular complexity index is 3070. The molecule has 0 heterocycles. The molecule has 0 aromatic heterocycles. The van der Waals surface area contributed by atoms with Gasteiger partial charge in [0.1, 0.15) is 0 Å². The van der Waals surface area contributed by atoms with E-state index in [-0.39, 0.29) is 10.8 Å². The molecular formula is C56H43N. The van der Waals surface area contributed by atoms with Crippen LogP contribution in [-0.4, -0.2) is 0 Å². The van der Waals surface area contributed by atoms with Crippen LogP contribution in [0.25, 0.3) is 66.1 Å². The van der Waals surface area contributed by atoms with Crippen molar-refractivity contribution >= 4 is 38.6 Å². The summed E-state index contributed by atoms with van der Waals surface area (Å²) in [6.45, 7) is 9.45. The zero-order chi connectivity index (χ0) is 38.5. The fraction of sp³-hybridized carbons (Fsp3) is 0.107. The van der Waals surface area contributed by atoms with E-state index in [1.54, 1.807) is 0 Å². The number of hydrogen-bond donors (Lipinski definition) is 0. The molecule has 0 unspecified atom stereocenters.